The Morgan fingerprint density at radius 2 is 2.27 bits per heavy atom. The molecule has 0 bridgehead atoms. The minimum absolute atomic E-state index is 0.00681. The van der Waals surface area contributed by atoms with Gasteiger partial charge >= 0.3 is 0 Å². The molecule has 2 aliphatic heterocycles. The Morgan fingerprint density at radius 3 is 2.93 bits per heavy atom. The molecule has 2 unspecified atom stereocenters. The second-order valence-corrected chi connectivity index (χ2v) is 5.19. The summed E-state index contributed by atoms with van der Waals surface area (Å²) in [6.07, 6.45) is 3.53. The number of rotatable bonds is 3. The van der Waals surface area contributed by atoms with E-state index in [4.69, 9.17) is 9.47 Å². The van der Waals surface area contributed by atoms with Crippen LogP contribution in [0.15, 0.2) is 0 Å². The van der Waals surface area contributed by atoms with E-state index in [1.54, 1.807) is 0 Å². The standard InChI is InChI=1S/C12H23NO2/c1-10(2)3-4-11-12(5-7-14-9-12)15-8-6-13-11/h10-11,13H,3-9H2,1-2H3. The van der Waals surface area contributed by atoms with Gasteiger partial charge < -0.3 is 14.8 Å². The summed E-state index contributed by atoms with van der Waals surface area (Å²) < 4.78 is 11.5. The van der Waals surface area contributed by atoms with Gasteiger partial charge in [0.25, 0.3) is 0 Å². The zero-order valence-electron chi connectivity index (χ0n) is 9.92. The molecule has 0 aromatic heterocycles. The van der Waals surface area contributed by atoms with Crippen molar-refractivity contribution in [2.75, 3.05) is 26.4 Å². The molecule has 0 aromatic carbocycles. The SMILES string of the molecule is CC(C)CCC1NCCOC12CCOC2. The van der Waals surface area contributed by atoms with Gasteiger partial charge in [-0.25, -0.2) is 0 Å². The third kappa shape index (κ3) is 2.52. The van der Waals surface area contributed by atoms with E-state index in [1.807, 2.05) is 0 Å². The molecule has 0 radical (unpaired) electrons. The Morgan fingerprint density at radius 1 is 1.40 bits per heavy atom. The first-order valence-electron chi connectivity index (χ1n) is 6.18. The lowest BCUT2D eigenvalue weighted by atomic mass is 9.87. The topological polar surface area (TPSA) is 30.5 Å². The molecule has 0 aromatic rings. The predicted octanol–water partition coefficient (Wildman–Crippen LogP) is 1.57. The van der Waals surface area contributed by atoms with Gasteiger partial charge in [-0.2, -0.15) is 0 Å². The molecule has 2 heterocycles. The van der Waals surface area contributed by atoms with E-state index in [1.165, 1.54) is 12.8 Å². The molecule has 0 amide bonds. The van der Waals surface area contributed by atoms with Crippen LogP contribution in [0.3, 0.4) is 0 Å². The van der Waals surface area contributed by atoms with Crippen LogP contribution in [0.2, 0.25) is 0 Å². The molecular formula is C12H23NO2. The third-order valence-electron chi connectivity index (χ3n) is 3.57. The van der Waals surface area contributed by atoms with Crippen molar-refractivity contribution in [1.82, 2.24) is 5.32 Å². The quantitative estimate of drug-likeness (QED) is 0.772. The van der Waals surface area contributed by atoms with Gasteiger partial charge in [-0.15, -0.1) is 0 Å². The van der Waals surface area contributed by atoms with Crippen molar-refractivity contribution in [2.45, 2.75) is 44.8 Å². The molecule has 2 fully saturated rings. The van der Waals surface area contributed by atoms with Gasteiger partial charge in [-0.1, -0.05) is 13.8 Å². The summed E-state index contributed by atoms with van der Waals surface area (Å²) in [6.45, 7) is 8.03. The summed E-state index contributed by atoms with van der Waals surface area (Å²) in [6, 6.07) is 0.496. The average Bonchev–Trinajstić information content (AvgIpc) is 2.66. The van der Waals surface area contributed by atoms with Crippen molar-refractivity contribution >= 4 is 0 Å². The smallest absolute Gasteiger partial charge is 0.109 e. The summed E-state index contributed by atoms with van der Waals surface area (Å²) in [4.78, 5) is 0. The van der Waals surface area contributed by atoms with Crippen molar-refractivity contribution < 1.29 is 9.47 Å². The second-order valence-electron chi connectivity index (χ2n) is 5.19. The van der Waals surface area contributed by atoms with Crippen LogP contribution in [-0.4, -0.2) is 38.0 Å². The third-order valence-corrected chi connectivity index (χ3v) is 3.57. The molecule has 2 saturated heterocycles. The van der Waals surface area contributed by atoms with Crippen LogP contribution in [0.4, 0.5) is 0 Å². The average molecular weight is 213 g/mol. The Hall–Kier alpha value is -0.120. The monoisotopic (exact) mass is 213 g/mol. The van der Waals surface area contributed by atoms with Crippen molar-refractivity contribution in [3.05, 3.63) is 0 Å². The maximum atomic E-state index is 5.98. The molecule has 1 N–H and O–H groups in total. The van der Waals surface area contributed by atoms with Crippen LogP contribution in [0.25, 0.3) is 0 Å². The van der Waals surface area contributed by atoms with Crippen LogP contribution in [0, 0.1) is 5.92 Å². The number of hydrogen-bond donors (Lipinski definition) is 1. The summed E-state index contributed by atoms with van der Waals surface area (Å²) in [5, 5.41) is 3.60. The first-order valence-corrected chi connectivity index (χ1v) is 6.18. The molecule has 15 heavy (non-hydrogen) atoms. The largest absolute Gasteiger partial charge is 0.378 e. The number of morpholine rings is 1. The van der Waals surface area contributed by atoms with Gasteiger partial charge in [0.15, 0.2) is 0 Å². The van der Waals surface area contributed by atoms with Gasteiger partial charge in [0.1, 0.15) is 5.60 Å². The van der Waals surface area contributed by atoms with Crippen molar-refractivity contribution in [2.24, 2.45) is 5.92 Å². The number of hydrogen-bond acceptors (Lipinski definition) is 3. The van der Waals surface area contributed by atoms with Gasteiger partial charge in [0.05, 0.1) is 13.2 Å². The second kappa shape index (κ2) is 4.81. The fourth-order valence-corrected chi connectivity index (χ4v) is 2.59. The molecule has 88 valence electrons. The molecule has 2 atom stereocenters. The molecule has 3 nitrogen and oxygen atoms in total. The Bertz CT molecular complexity index is 200. The van der Waals surface area contributed by atoms with E-state index in [0.717, 1.165) is 38.7 Å². The van der Waals surface area contributed by atoms with Crippen LogP contribution >= 0.6 is 0 Å². The van der Waals surface area contributed by atoms with E-state index >= 15 is 0 Å². The first kappa shape index (κ1) is 11.4. The highest BCUT2D eigenvalue weighted by atomic mass is 16.6. The van der Waals surface area contributed by atoms with Gasteiger partial charge in [-0.05, 0) is 18.8 Å². The molecule has 0 aliphatic carbocycles. The Labute approximate surface area is 92.5 Å². The molecule has 0 saturated carbocycles. The van der Waals surface area contributed by atoms with Crippen LogP contribution in [-0.2, 0) is 9.47 Å². The van der Waals surface area contributed by atoms with E-state index in [0.29, 0.717) is 6.04 Å². The predicted molar refractivity (Wildman–Crippen MR) is 60.0 cm³/mol. The van der Waals surface area contributed by atoms with Crippen LogP contribution in [0.5, 0.6) is 0 Å². The van der Waals surface area contributed by atoms with E-state index in [9.17, 15) is 0 Å². The minimum atomic E-state index is -0.00681. The molecule has 2 rings (SSSR count). The van der Waals surface area contributed by atoms with E-state index in [2.05, 4.69) is 19.2 Å². The normalized spacial score (nSPS) is 36.6. The Balaban J connectivity index is 1.93. The van der Waals surface area contributed by atoms with Gasteiger partial charge in [-0.3, -0.25) is 0 Å². The maximum absolute atomic E-state index is 5.98. The summed E-state index contributed by atoms with van der Waals surface area (Å²) in [5.41, 5.74) is -0.00681. The fraction of sp³-hybridized carbons (Fsp3) is 1.00. The molecule has 2 aliphatic rings. The van der Waals surface area contributed by atoms with Gasteiger partial charge in [0.2, 0.25) is 0 Å². The lowest BCUT2D eigenvalue weighted by Gasteiger charge is -2.41. The molecular weight excluding hydrogens is 190 g/mol. The highest BCUT2D eigenvalue weighted by Gasteiger charge is 2.44. The fourth-order valence-electron chi connectivity index (χ4n) is 2.59. The lowest BCUT2D eigenvalue weighted by Crippen LogP contribution is -2.58. The highest BCUT2D eigenvalue weighted by Crippen LogP contribution is 2.31. The van der Waals surface area contributed by atoms with Gasteiger partial charge in [0, 0.05) is 25.6 Å². The summed E-state index contributed by atoms with van der Waals surface area (Å²) in [5.74, 6) is 0.771. The van der Waals surface area contributed by atoms with E-state index < -0.39 is 0 Å². The summed E-state index contributed by atoms with van der Waals surface area (Å²) >= 11 is 0. The molecule has 1 spiro atoms. The Kier molecular flexibility index (Phi) is 3.65. The minimum Gasteiger partial charge on any atom is -0.378 e. The van der Waals surface area contributed by atoms with Crippen LogP contribution in [0.1, 0.15) is 33.1 Å². The first-order chi connectivity index (χ1) is 7.23. The number of nitrogens with one attached hydrogen (secondary N) is 1. The van der Waals surface area contributed by atoms with E-state index in [-0.39, 0.29) is 5.60 Å². The maximum Gasteiger partial charge on any atom is 0.109 e. The van der Waals surface area contributed by atoms with Crippen molar-refractivity contribution in [1.29, 1.82) is 0 Å². The zero-order chi connectivity index (χ0) is 10.7. The highest BCUT2D eigenvalue weighted by molar-refractivity contribution is 4.98. The number of ether oxygens (including phenoxy) is 2. The summed E-state index contributed by atoms with van der Waals surface area (Å²) in [7, 11) is 0. The van der Waals surface area contributed by atoms with Crippen molar-refractivity contribution in [3.8, 4) is 0 Å². The lowest BCUT2D eigenvalue weighted by molar-refractivity contribution is -0.0998. The van der Waals surface area contributed by atoms with Crippen molar-refractivity contribution in [3.63, 3.8) is 0 Å². The zero-order valence-corrected chi connectivity index (χ0v) is 9.92. The van der Waals surface area contributed by atoms with Crippen LogP contribution < -0.4 is 5.32 Å². The molecule has 3 heteroatoms.